The zero-order valence-corrected chi connectivity index (χ0v) is 13.5. The van der Waals surface area contributed by atoms with Crippen LogP contribution in [0.1, 0.15) is 16.7 Å². The Hall–Kier alpha value is -2.93. The van der Waals surface area contributed by atoms with Crippen LogP contribution in [-0.2, 0) is 11.4 Å². The molecule has 0 fully saturated rings. The van der Waals surface area contributed by atoms with Crippen molar-refractivity contribution >= 4 is 29.3 Å². The van der Waals surface area contributed by atoms with Crippen LogP contribution in [0.3, 0.4) is 0 Å². The molecule has 2 aromatic carbocycles. The minimum absolute atomic E-state index is 0.0362. The van der Waals surface area contributed by atoms with Crippen LogP contribution in [-0.4, -0.2) is 29.0 Å². The van der Waals surface area contributed by atoms with Crippen LogP contribution in [0.25, 0.3) is 0 Å². The van der Waals surface area contributed by atoms with Crippen molar-refractivity contribution in [1.82, 2.24) is 5.01 Å². The van der Waals surface area contributed by atoms with Crippen molar-refractivity contribution in [2.45, 2.75) is 6.61 Å². The average molecular weight is 345 g/mol. The molecular weight excluding hydrogens is 332 g/mol. The third kappa shape index (κ3) is 3.36. The highest BCUT2D eigenvalue weighted by atomic mass is 35.5. The Morgan fingerprint density at radius 2 is 2.08 bits per heavy atom. The summed E-state index contributed by atoms with van der Waals surface area (Å²) in [7, 11) is 1.74. The third-order valence-corrected chi connectivity index (χ3v) is 3.71. The summed E-state index contributed by atoms with van der Waals surface area (Å²) < 4.78 is 0. The SMILES string of the molecule is CN(/N=C/c1ccc([N+](=O)[O-])cc1)C1=NOCc2ccc(Cl)cc21. The Labute approximate surface area is 142 Å². The van der Waals surface area contributed by atoms with Crippen molar-refractivity contribution in [3.63, 3.8) is 0 Å². The van der Waals surface area contributed by atoms with Crippen LogP contribution in [0.15, 0.2) is 52.7 Å². The highest BCUT2D eigenvalue weighted by molar-refractivity contribution is 6.31. The smallest absolute Gasteiger partial charge is 0.269 e. The molecule has 0 aliphatic carbocycles. The second-order valence-electron chi connectivity index (χ2n) is 5.11. The van der Waals surface area contributed by atoms with E-state index >= 15 is 0 Å². The number of hydrogen-bond donors (Lipinski definition) is 0. The largest absolute Gasteiger partial charge is 0.389 e. The number of oxime groups is 1. The molecule has 0 radical (unpaired) electrons. The predicted octanol–water partition coefficient (Wildman–Crippen LogP) is 3.41. The fourth-order valence-electron chi connectivity index (χ4n) is 2.22. The number of benzene rings is 2. The van der Waals surface area contributed by atoms with E-state index in [4.69, 9.17) is 16.4 Å². The lowest BCUT2D eigenvalue weighted by Crippen LogP contribution is -2.26. The maximum Gasteiger partial charge on any atom is 0.269 e. The summed E-state index contributed by atoms with van der Waals surface area (Å²) in [4.78, 5) is 15.4. The number of hydrogen-bond acceptors (Lipinski definition) is 6. The van der Waals surface area contributed by atoms with E-state index in [0.29, 0.717) is 17.5 Å². The van der Waals surface area contributed by atoms with Crippen molar-refractivity contribution in [1.29, 1.82) is 0 Å². The molecule has 1 heterocycles. The zero-order chi connectivity index (χ0) is 17.1. The lowest BCUT2D eigenvalue weighted by Gasteiger charge is -2.21. The fourth-order valence-corrected chi connectivity index (χ4v) is 2.39. The van der Waals surface area contributed by atoms with Gasteiger partial charge in [0.25, 0.3) is 5.69 Å². The number of amidine groups is 1. The summed E-state index contributed by atoms with van der Waals surface area (Å²) in [5.41, 5.74) is 2.60. The van der Waals surface area contributed by atoms with Gasteiger partial charge in [0.15, 0.2) is 5.84 Å². The molecule has 0 unspecified atom stereocenters. The first-order valence-corrected chi connectivity index (χ1v) is 7.43. The lowest BCUT2D eigenvalue weighted by atomic mass is 10.1. The minimum Gasteiger partial charge on any atom is -0.389 e. The van der Waals surface area contributed by atoms with Crippen LogP contribution < -0.4 is 0 Å². The zero-order valence-electron chi connectivity index (χ0n) is 12.7. The van der Waals surface area contributed by atoms with Crippen molar-refractivity contribution in [2.24, 2.45) is 10.3 Å². The van der Waals surface area contributed by atoms with E-state index in [2.05, 4.69) is 10.3 Å². The first-order valence-electron chi connectivity index (χ1n) is 7.05. The van der Waals surface area contributed by atoms with Gasteiger partial charge in [0.05, 0.1) is 11.1 Å². The van der Waals surface area contributed by atoms with Gasteiger partial charge in [-0.05, 0) is 29.8 Å². The van der Waals surface area contributed by atoms with E-state index in [1.165, 1.54) is 12.1 Å². The molecule has 7 nitrogen and oxygen atoms in total. The quantitative estimate of drug-likeness (QED) is 0.485. The van der Waals surface area contributed by atoms with E-state index in [-0.39, 0.29) is 5.69 Å². The molecule has 1 aliphatic heterocycles. The van der Waals surface area contributed by atoms with Gasteiger partial charge in [-0.3, -0.25) is 10.1 Å². The Balaban J connectivity index is 1.80. The van der Waals surface area contributed by atoms with Crippen LogP contribution in [0, 0.1) is 10.1 Å². The molecule has 0 amide bonds. The van der Waals surface area contributed by atoms with Gasteiger partial charge in [-0.25, -0.2) is 5.01 Å². The molecule has 0 spiro atoms. The van der Waals surface area contributed by atoms with Crippen molar-refractivity contribution < 1.29 is 9.76 Å². The van der Waals surface area contributed by atoms with E-state index < -0.39 is 4.92 Å². The highest BCUT2D eigenvalue weighted by Gasteiger charge is 2.19. The van der Waals surface area contributed by atoms with E-state index in [1.54, 1.807) is 36.5 Å². The molecule has 2 aromatic rings. The number of nitrogens with zero attached hydrogens (tertiary/aromatic N) is 4. The summed E-state index contributed by atoms with van der Waals surface area (Å²) >= 11 is 6.05. The number of rotatable bonds is 3. The molecule has 0 bridgehead atoms. The Bertz CT molecular complexity index is 834. The molecule has 3 rings (SSSR count). The maximum absolute atomic E-state index is 10.7. The number of halogens is 1. The van der Waals surface area contributed by atoms with Crippen LogP contribution in [0.5, 0.6) is 0 Å². The summed E-state index contributed by atoms with van der Waals surface area (Å²) in [6.07, 6.45) is 1.59. The lowest BCUT2D eigenvalue weighted by molar-refractivity contribution is -0.384. The van der Waals surface area contributed by atoms with Gasteiger partial charge in [-0.1, -0.05) is 22.8 Å². The van der Waals surface area contributed by atoms with Gasteiger partial charge in [-0.2, -0.15) is 5.10 Å². The summed E-state index contributed by atoms with van der Waals surface area (Å²) in [5, 5.41) is 21.2. The molecule has 0 atom stereocenters. The van der Waals surface area contributed by atoms with Gasteiger partial charge in [-0.15, -0.1) is 0 Å². The topological polar surface area (TPSA) is 80.3 Å². The van der Waals surface area contributed by atoms with Gasteiger partial charge < -0.3 is 4.84 Å². The Morgan fingerprint density at radius 1 is 1.33 bits per heavy atom. The fraction of sp³-hybridized carbons (Fsp3) is 0.125. The number of nitro benzene ring substituents is 1. The predicted molar refractivity (Wildman–Crippen MR) is 91.2 cm³/mol. The van der Waals surface area contributed by atoms with Crippen LogP contribution >= 0.6 is 11.6 Å². The second-order valence-corrected chi connectivity index (χ2v) is 5.54. The van der Waals surface area contributed by atoms with Crippen molar-refractivity contribution in [3.05, 3.63) is 74.3 Å². The third-order valence-electron chi connectivity index (χ3n) is 3.47. The molecule has 0 N–H and O–H groups in total. The number of non-ortho nitro benzene ring substituents is 1. The Morgan fingerprint density at radius 3 is 2.79 bits per heavy atom. The number of hydrazone groups is 1. The van der Waals surface area contributed by atoms with E-state index in [9.17, 15) is 10.1 Å². The summed E-state index contributed by atoms with van der Waals surface area (Å²) in [6.45, 7) is 0.385. The van der Waals surface area contributed by atoms with Crippen molar-refractivity contribution in [3.8, 4) is 0 Å². The molecule has 24 heavy (non-hydrogen) atoms. The van der Waals surface area contributed by atoms with Gasteiger partial charge in [0.2, 0.25) is 0 Å². The summed E-state index contributed by atoms with van der Waals surface area (Å²) in [6, 6.07) is 11.6. The van der Waals surface area contributed by atoms with Gasteiger partial charge >= 0.3 is 0 Å². The van der Waals surface area contributed by atoms with Crippen LogP contribution in [0.4, 0.5) is 5.69 Å². The monoisotopic (exact) mass is 344 g/mol. The molecular formula is C16H13ClN4O3. The van der Waals surface area contributed by atoms with E-state index in [1.807, 2.05) is 12.1 Å². The van der Waals surface area contributed by atoms with Crippen LogP contribution in [0.2, 0.25) is 5.02 Å². The average Bonchev–Trinajstić information content (AvgIpc) is 2.59. The molecule has 1 aliphatic rings. The molecule has 8 heteroatoms. The maximum atomic E-state index is 10.7. The van der Waals surface area contributed by atoms with E-state index in [0.717, 1.165) is 16.7 Å². The molecule has 0 saturated heterocycles. The first-order chi connectivity index (χ1) is 11.5. The Kier molecular flexibility index (Phi) is 4.43. The van der Waals surface area contributed by atoms with Crippen molar-refractivity contribution in [2.75, 3.05) is 7.05 Å². The normalized spacial score (nSPS) is 13.2. The minimum atomic E-state index is -0.443. The number of fused-ring (bicyclic) bond motifs is 1. The standard InChI is InChI=1S/C16H13ClN4O3/c1-20(18-9-11-2-6-14(7-3-11)21(22)23)16-15-8-13(17)5-4-12(15)10-24-19-16/h2-9H,10H2,1H3/b18-9+. The molecule has 122 valence electrons. The molecule has 0 saturated carbocycles. The van der Waals surface area contributed by atoms with Gasteiger partial charge in [0.1, 0.15) is 6.61 Å². The summed E-state index contributed by atoms with van der Waals surface area (Å²) in [5.74, 6) is 0.539. The molecule has 0 aromatic heterocycles. The highest BCUT2D eigenvalue weighted by Crippen LogP contribution is 2.22. The second kappa shape index (κ2) is 6.67. The first kappa shape index (κ1) is 15.9. The number of nitro groups is 1. The van der Waals surface area contributed by atoms with Gasteiger partial charge in [0, 0.05) is 35.3 Å².